The highest BCUT2D eigenvalue weighted by molar-refractivity contribution is 9.10. The lowest BCUT2D eigenvalue weighted by molar-refractivity contribution is 0.0950. The first kappa shape index (κ1) is 17.3. The molecule has 0 saturated carbocycles. The smallest absolute Gasteiger partial charge is 0.257 e. The molecule has 1 N–H and O–H groups in total. The Morgan fingerprint density at radius 3 is 2.72 bits per heavy atom. The molecule has 0 saturated heterocycles. The van der Waals surface area contributed by atoms with E-state index in [4.69, 9.17) is 4.52 Å². The SMILES string of the molecule is Cc1onc(-c2ccc(F)cc2F)c1C(=O)NCc1ccccc1Br. The zero-order valence-electron chi connectivity index (χ0n) is 13.1. The number of carbonyl (C=O) groups excluding carboxylic acids is 1. The predicted octanol–water partition coefficient (Wildman–Crippen LogP) is 4.62. The van der Waals surface area contributed by atoms with Crippen molar-refractivity contribution in [1.82, 2.24) is 10.5 Å². The molecular formula is C18H13BrF2N2O2. The summed E-state index contributed by atoms with van der Waals surface area (Å²) in [5.74, 6) is -1.72. The fraction of sp³-hybridized carbons (Fsp3) is 0.111. The summed E-state index contributed by atoms with van der Waals surface area (Å²) in [6.07, 6.45) is 0. The molecule has 0 radical (unpaired) electrons. The fourth-order valence-electron chi connectivity index (χ4n) is 2.41. The van der Waals surface area contributed by atoms with Gasteiger partial charge in [0.1, 0.15) is 28.7 Å². The number of aromatic nitrogens is 1. The molecule has 128 valence electrons. The third kappa shape index (κ3) is 3.61. The third-order valence-corrected chi connectivity index (χ3v) is 4.45. The van der Waals surface area contributed by atoms with Crippen molar-refractivity contribution in [3.8, 4) is 11.3 Å². The number of amides is 1. The van der Waals surface area contributed by atoms with Crippen molar-refractivity contribution in [3.05, 3.63) is 75.5 Å². The minimum absolute atomic E-state index is 0.00397. The van der Waals surface area contributed by atoms with Crippen molar-refractivity contribution in [1.29, 1.82) is 0 Å². The van der Waals surface area contributed by atoms with Crippen LogP contribution in [0.1, 0.15) is 21.7 Å². The number of rotatable bonds is 4. The largest absolute Gasteiger partial charge is 0.360 e. The molecule has 7 heteroatoms. The van der Waals surface area contributed by atoms with E-state index >= 15 is 0 Å². The number of halogens is 3. The molecule has 0 fully saturated rings. The Morgan fingerprint density at radius 2 is 2.00 bits per heavy atom. The first-order valence-electron chi connectivity index (χ1n) is 7.40. The Kier molecular flexibility index (Phi) is 4.94. The monoisotopic (exact) mass is 406 g/mol. The van der Waals surface area contributed by atoms with Crippen molar-refractivity contribution in [2.75, 3.05) is 0 Å². The van der Waals surface area contributed by atoms with Gasteiger partial charge in [-0.15, -0.1) is 0 Å². The van der Waals surface area contributed by atoms with Gasteiger partial charge in [-0.3, -0.25) is 4.79 Å². The van der Waals surface area contributed by atoms with Gasteiger partial charge in [0.05, 0.1) is 0 Å². The number of benzene rings is 2. The topological polar surface area (TPSA) is 55.1 Å². The lowest BCUT2D eigenvalue weighted by Gasteiger charge is -2.08. The molecule has 0 atom stereocenters. The second-order valence-electron chi connectivity index (χ2n) is 5.36. The van der Waals surface area contributed by atoms with E-state index in [2.05, 4.69) is 26.4 Å². The van der Waals surface area contributed by atoms with Crippen molar-refractivity contribution in [2.24, 2.45) is 0 Å². The molecule has 3 rings (SSSR count). The molecular weight excluding hydrogens is 394 g/mol. The maximum atomic E-state index is 14.0. The molecule has 0 aliphatic heterocycles. The van der Waals surface area contributed by atoms with Crippen LogP contribution in [-0.2, 0) is 6.54 Å². The van der Waals surface area contributed by atoms with Crippen molar-refractivity contribution in [3.63, 3.8) is 0 Å². The van der Waals surface area contributed by atoms with Gasteiger partial charge in [0.15, 0.2) is 0 Å². The summed E-state index contributed by atoms with van der Waals surface area (Å²) in [6, 6.07) is 10.5. The minimum Gasteiger partial charge on any atom is -0.360 e. The molecule has 1 heterocycles. The number of nitrogens with zero attached hydrogens (tertiary/aromatic N) is 1. The Morgan fingerprint density at radius 1 is 1.24 bits per heavy atom. The van der Waals surface area contributed by atoms with Crippen LogP contribution in [-0.4, -0.2) is 11.1 Å². The molecule has 0 aliphatic rings. The number of hydrogen-bond acceptors (Lipinski definition) is 3. The second kappa shape index (κ2) is 7.14. The summed E-state index contributed by atoms with van der Waals surface area (Å²) < 4.78 is 33.1. The number of carbonyl (C=O) groups is 1. The Labute approximate surface area is 151 Å². The highest BCUT2D eigenvalue weighted by atomic mass is 79.9. The lowest BCUT2D eigenvalue weighted by Crippen LogP contribution is -2.24. The van der Waals surface area contributed by atoms with E-state index < -0.39 is 17.5 Å². The van der Waals surface area contributed by atoms with Crippen LogP contribution in [0, 0.1) is 18.6 Å². The van der Waals surface area contributed by atoms with Gasteiger partial charge in [-0.1, -0.05) is 39.3 Å². The molecule has 3 aromatic rings. The van der Waals surface area contributed by atoms with E-state index in [0.717, 1.165) is 22.2 Å². The summed E-state index contributed by atoms with van der Waals surface area (Å²) in [6.45, 7) is 1.83. The van der Waals surface area contributed by atoms with Gasteiger partial charge in [0.2, 0.25) is 0 Å². The Hall–Kier alpha value is -2.54. The second-order valence-corrected chi connectivity index (χ2v) is 6.21. The summed E-state index contributed by atoms with van der Waals surface area (Å²) in [5.41, 5.74) is 1.06. The molecule has 0 unspecified atom stereocenters. The molecule has 1 aromatic heterocycles. The average Bonchev–Trinajstić information content (AvgIpc) is 2.95. The molecule has 25 heavy (non-hydrogen) atoms. The van der Waals surface area contributed by atoms with E-state index in [1.54, 1.807) is 6.92 Å². The minimum atomic E-state index is -0.812. The zero-order chi connectivity index (χ0) is 18.0. The van der Waals surface area contributed by atoms with Crippen LogP contribution in [0.25, 0.3) is 11.3 Å². The van der Waals surface area contributed by atoms with Gasteiger partial charge in [-0.25, -0.2) is 8.78 Å². The number of aryl methyl sites for hydroxylation is 1. The molecule has 1 amide bonds. The standard InChI is InChI=1S/C18H13BrF2N2O2/c1-10-16(18(24)22-9-11-4-2-3-5-14(11)19)17(23-25-10)13-7-6-12(20)8-15(13)21/h2-8H,9H2,1H3,(H,22,24). The lowest BCUT2D eigenvalue weighted by atomic mass is 10.0. The fourth-order valence-corrected chi connectivity index (χ4v) is 2.84. The third-order valence-electron chi connectivity index (χ3n) is 3.67. The maximum absolute atomic E-state index is 14.0. The van der Waals surface area contributed by atoms with Gasteiger partial charge in [-0.05, 0) is 30.7 Å². The van der Waals surface area contributed by atoms with Crippen LogP contribution in [0.2, 0.25) is 0 Å². The van der Waals surface area contributed by atoms with Crippen molar-refractivity contribution < 1.29 is 18.1 Å². The Balaban J connectivity index is 1.88. The molecule has 0 aliphatic carbocycles. The van der Waals surface area contributed by atoms with Crippen molar-refractivity contribution in [2.45, 2.75) is 13.5 Å². The normalized spacial score (nSPS) is 10.7. The van der Waals surface area contributed by atoms with Crippen LogP contribution < -0.4 is 5.32 Å². The quantitative estimate of drug-likeness (QED) is 0.687. The summed E-state index contributed by atoms with van der Waals surface area (Å²) in [7, 11) is 0. The van der Waals surface area contributed by atoms with Crippen LogP contribution in [0.4, 0.5) is 8.78 Å². The van der Waals surface area contributed by atoms with E-state index in [0.29, 0.717) is 0 Å². The van der Waals surface area contributed by atoms with E-state index in [-0.39, 0.29) is 29.1 Å². The van der Waals surface area contributed by atoms with Crippen LogP contribution in [0.3, 0.4) is 0 Å². The number of hydrogen-bond donors (Lipinski definition) is 1. The maximum Gasteiger partial charge on any atom is 0.257 e. The highest BCUT2D eigenvalue weighted by Crippen LogP contribution is 2.28. The predicted molar refractivity (Wildman–Crippen MR) is 91.9 cm³/mol. The molecule has 4 nitrogen and oxygen atoms in total. The molecule has 0 spiro atoms. The van der Waals surface area contributed by atoms with Gasteiger partial charge in [0.25, 0.3) is 5.91 Å². The summed E-state index contributed by atoms with van der Waals surface area (Å²) in [5, 5.41) is 6.52. The van der Waals surface area contributed by atoms with Crippen LogP contribution in [0.5, 0.6) is 0 Å². The van der Waals surface area contributed by atoms with E-state index in [1.165, 1.54) is 6.07 Å². The highest BCUT2D eigenvalue weighted by Gasteiger charge is 2.23. The Bertz CT molecular complexity index is 941. The first-order valence-corrected chi connectivity index (χ1v) is 8.20. The van der Waals surface area contributed by atoms with Crippen LogP contribution in [0.15, 0.2) is 51.5 Å². The molecule has 2 aromatic carbocycles. The average molecular weight is 407 g/mol. The van der Waals surface area contributed by atoms with Gasteiger partial charge >= 0.3 is 0 Å². The van der Waals surface area contributed by atoms with E-state index in [1.807, 2.05) is 24.3 Å². The molecule has 0 bridgehead atoms. The van der Waals surface area contributed by atoms with Gasteiger partial charge in [0, 0.05) is 22.6 Å². The van der Waals surface area contributed by atoms with Crippen LogP contribution >= 0.6 is 15.9 Å². The van der Waals surface area contributed by atoms with Gasteiger partial charge in [-0.2, -0.15) is 0 Å². The first-order chi connectivity index (χ1) is 12.0. The van der Waals surface area contributed by atoms with E-state index in [9.17, 15) is 13.6 Å². The summed E-state index contributed by atoms with van der Waals surface area (Å²) in [4.78, 5) is 12.6. The zero-order valence-corrected chi connectivity index (χ0v) is 14.7. The number of nitrogens with one attached hydrogen (secondary N) is 1. The summed E-state index contributed by atoms with van der Waals surface area (Å²) >= 11 is 3.41. The van der Waals surface area contributed by atoms with Gasteiger partial charge < -0.3 is 9.84 Å². The van der Waals surface area contributed by atoms with Crippen molar-refractivity contribution >= 4 is 21.8 Å².